The van der Waals surface area contributed by atoms with E-state index < -0.39 is 5.60 Å². The van der Waals surface area contributed by atoms with Crippen LogP contribution in [0, 0.1) is 13.8 Å². The molecule has 3 unspecified atom stereocenters. The van der Waals surface area contributed by atoms with Crippen molar-refractivity contribution in [2.75, 3.05) is 7.11 Å². The van der Waals surface area contributed by atoms with Crippen LogP contribution in [0.15, 0.2) is 78.6 Å². The van der Waals surface area contributed by atoms with Crippen LogP contribution in [0.2, 0.25) is 15.1 Å². The summed E-state index contributed by atoms with van der Waals surface area (Å²) in [5, 5.41) is 2.16. The molecule has 0 radical (unpaired) electrons. The number of hydrogen-bond acceptors (Lipinski definition) is 3. The normalized spacial score (nSPS) is 13.5. The summed E-state index contributed by atoms with van der Waals surface area (Å²) < 4.78 is 12.7. The molecular weight excluding hydrogens is 659 g/mol. The average molecular weight is 714 g/mol. The first kappa shape index (κ1) is 41.5. The number of carbonyl (C=O) groups is 1. The molecule has 262 valence electrons. The van der Waals surface area contributed by atoms with E-state index in [9.17, 15) is 4.79 Å². The highest BCUT2D eigenvalue weighted by Crippen LogP contribution is 2.52. The lowest BCUT2D eigenvalue weighted by atomic mass is 9.66. The van der Waals surface area contributed by atoms with Crippen molar-refractivity contribution in [2.45, 2.75) is 117 Å². The molecule has 0 aliphatic heterocycles. The summed E-state index contributed by atoms with van der Waals surface area (Å²) in [6, 6.07) is 18.6. The van der Waals surface area contributed by atoms with Crippen molar-refractivity contribution in [1.29, 1.82) is 0 Å². The quantitative estimate of drug-likeness (QED) is 0.0842. The third kappa shape index (κ3) is 10.6. The van der Waals surface area contributed by atoms with Gasteiger partial charge in [-0.15, -0.1) is 0 Å². The fraction of sp³-hybridized carbons (Fsp3) is 0.452. The number of rotatable bonds is 16. The Bertz CT molecular complexity index is 1520. The van der Waals surface area contributed by atoms with Gasteiger partial charge in [0.15, 0.2) is 5.60 Å². The Balaban J connectivity index is 0.00000189. The van der Waals surface area contributed by atoms with E-state index in [2.05, 4.69) is 91.5 Å². The van der Waals surface area contributed by atoms with Gasteiger partial charge in [0.1, 0.15) is 17.8 Å². The van der Waals surface area contributed by atoms with Crippen molar-refractivity contribution in [1.82, 2.24) is 0 Å². The number of ether oxygens (including phenoxy) is 2. The van der Waals surface area contributed by atoms with Gasteiger partial charge in [-0.1, -0.05) is 99.3 Å². The topological polar surface area (TPSA) is 35.5 Å². The first-order valence-corrected chi connectivity index (χ1v) is 18.3. The van der Waals surface area contributed by atoms with Crippen LogP contribution in [0.1, 0.15) is 126 Å². The van der Waals surface area contributed by atoms with E-state index in [4.69, 9.17) is 44.3 Å². The molecule has 0 aliphatic carbocycles. The Kier molecular flexibility index (Phi) is 17.3. The van der Waals surface area contributed by atoms with Crippen molar-refractivity contribution in [3.05, 3.63) is 121 Å². The van der Waals surface area contributed by atoms with Crippen LogP contribution in [0.25, 0.3) is 0 Å². The van der Waals surface area contributed by atoms with E-state index in [1.165, 1.54) is 27.8 Å². The summed E-state index contributed by atoms with van der Waals surface area (Å²) in [6.45, 7) is 21.2. The van der Waals surface area contributed by atoms with Gasteiger partial charge < -0.3 is 14.3 Å². The summed E-state index contributed by atoms with van der Waals surface area (Å²) in [4.78, 5) is 9.17. The standard InChI is InChI=1S/C39H49Cl3O2.C3H6O/c1-10-14-33(34-23-30(41)16-15-26(34)6)38(32-19-17-29(40)22-27(32)7)36(21-25(5)11-2)35-24-31(42)18-20-37(35)44-39(12-3,13-4)28(8)43-9;1-2-3-4/h11,15-20,22-24,33,36,38H,8,10,12-14,21H2,1-7,9H3;3H,2H2,1H3/b25-11+;. The van der Waals surface area contributed by atoms with Gasteiger partial charge in [-0.2, -0.15) is 0 Å². The molecule has 6 heteroatoms. The molecule has 3 rings (SSSR count). The lowest BCUT2D eigenvalue weighted by Gasteiger charge is -2.39. The van der Waals surface area contributed by atoms with Crippen LogP contribution in [0.3, 0.4) is 0 Å². The minimum Gasteiger partial charge on any atom is -0.497 e. The summed E-state index contributed by atoms with van der Waals surface area (Å²) in [6.07, 6.45) is 8.00. The van der Waals surface area contributed by atoms with Gasteiger partial charge in [-0.05, 0) is 141 Å². The molecule has 0 saturated heterocycles. The number of halogens is 3. The Morgan fingerprint density at radius 1 is 0.833 bits per heavy atom. The van der Waals surface area contributed by atoms with Gasteiger partial charge in [-0.3, -0.25) is 0 Å². The van der Waals surface area contributed by atoms with E-state index in [1.807, 2.05) is 31.2 Å². The van der Waals surface area contributed by atoms with Gasteiger partial charge in [0.25, 0.3) is 0 Å². The highest BCUT2D eigenvalue weighted by Gasteiger charge is 2.39. The minimum atomic E-state index is -0.671. The molecule has 0 heterocycles. The smallest absolute Gasteiger partial charge is 0.164 e. The summed E-state index contributed by atoms with van der Waals surface area (Å²) in [5.41, 5.74) is 6.65. The fourth-order valence-electron chi connectivity index (χ4n) is 6.62. The second kappa shape index (κ2) is 20.1. The third-order valence-electron chi connectivity index (χ3n) is 9.47. The first-order valence-electron chi connectivity index (χ1n) is 17.2. The molecule has 0 bridgehead atoms. The van der Waals surface area contributed by atoms with E-state index in [-0.39, 0.29) is 17.8 Å². The number of carbonyl (C=O) groups excluding carboxylic acids is 1. The molecule has 0 N–H and O–H groups in total. The van der Waals surface area contributed by atoms with E-state index in [0.29, 0.717) is 17.2 Å². The van der Waals surface area contributed by atoms with Crippen molar-refractivity contribution in [3.8, 4) is 5.75 Å². The largest absolute Gasteiger partial charge is 0.497 e. The number of methoxy groups -OCH3 is 1. The Labute approximate surface area is 305 Å². The van der Waals surface area contributed by atoms with E-state index in [1.54, 1.807) is 7.11 Å². The molecule has 3 aromatic rings. The predicted molar refractivity (Wildman–Crippen MR) is 207 cm³/mol. The molecule has 0 amide bonds. The van der Waals surface area contributed by atoms with Crippen LogP contribution in [-0.4, -0.2) is 19.0 Å². The van der Waals surface area contributed by atoms with Crippen molar-refractivity contribution in [3.63, 3.8) is 0 Å². The zero-order chi connectivity index (χ0) is 36.0. The molecule has 3 nitrogen and oxygen atoms in total. The summed E-state index contributed by atoms with van der Waals surface area (Å²) >= 11 is 20.0. The zero-order valence-corrected chi connectivity index (χ0v) is 32.7. The first-order chi connectivity index (χ1) is 22.9. The SMILES string of the molecule is C=C(OC)C(CC)(CC)Oc1ccc(Cl)cc1C(C/C(C)=C/C)C(c1ccc(Cl)cc1C)C(CCC)c1cc(Cl)ccc1C.CCC=O. The molecule has 3 atom stereocenters. The highest BCUT2D eigenvalue weighted by molar-refractivity contribution is 6.31. The molecule has 0 fully saturated rings. The van der Waals surface area contributed by atoms with Gasteiger partial charge in [0, 0.05) is 21.5 Å². The fourth-order valence-corrected chi connectivity index (χ4v) is 7.20. The predicted octanol–water partition coefficient (Wildman–Crippen LogP) is 13.8. The van der Waals surface area contributed by atoms with Crippen molar-refractivity contribution < 1.29 is 14.3 Å². The van der Waals surface area contributed by atoms with Gasteiger partial charge in [0.2, 0.25) is 0 Å². The Morgan fingerprint density at radius 3 is 1.92 bits per heavy atom. The number of hydrogen-bond donors (Lipinski definition) is 0. The van der Waals surface area contributed by atoms with Gasteiger partial charge in [0.05, 0.1) is 7.11 Å². The number of aldehydes is 1. The van der Waals surface area contributed by atoms with Gasteiger partial charge in [-0.25, -0.2) is 0 Å². The maximum Gasteiger partial charge on any atom is 0.164 e. The highest BCUT2D eigenvalue weighted by atomic mass is 35.5. The van der Waals surface area contributed by atoms with Crippen LogP contribution < -0.4 is 4.74 Å². The second-order valence-electron chi connectivity index (χ2n) is 12.6. The second-order valence-corrected chi connectivity index (χ2v) is 13.9. The molecule has 0 aromatic heterocycles. The van der Waals surface area contributed by atoms with E-state index in [0.717, 1.165) is 59.7 Å². The summed E-state index contributed by atoms with van der Waals surface area (Å²) in [7, 11) is 1.66. The Morgan fingerprint density at radius 2 is 1.40 bits per heavy atom. The third-order valence-corrected chi connectivity index (χ3v) is 10.2. The maximum atomic E-state index is 9.17. The Hall–Kier alpha value is -2.72. The number of benzene rings is 3. The summed E-state index contributed by atoms with van der Waals surface area (Å²) in [5.74, 6) is 1.70. The molecule has 48 heavy (non-hydrogen) atoms. The van der Waals surface area contributed by atoms with Crippen LogP contribution in [0.4, 0.5) is 0 Å². The molecule has 0 aliphatic rings. The van der Waals surface area contributed by atoms with E-state index >= 15 is 0 Å². The van der Waals surface area contributed by atoms with Crippen LogP contribution in [0.5, 0.6) is 5.75 Å². The van der Waals surface area contributed by atoms with Crippen molar-refractivity contribution in [2.24, 2.45) is 0 Å². The maximum absolute atomic E-state index is 9.17. The zero-order valence-electron chi connectivity index (χ0n) is 30.4. The molecule has 0 spiro atoms. The monoisotopic (exact) mass is 712 g/mol. The lowest BCUT2D eigenvalue weighted by molar-refractivity contribution is -0.107. The number of allylic oxidation sites excluding steroid dienone is 2. The van der Waals surface area contributed by atoms with Crippen molar-refractivity contribution >= 4 is 41.1 Å². The minimum absolute atomic E-state index is 0.0249. The lowest BCUT2D eigenvalue weighted by Crippen LogP contribution is -2.38. The molecule has 3 aromatic carbocycles. The van der Waals surface area contributed by atoms with Crippen LogP contribution in [-0.2, 0) is 9.53 Å². The molecular formula is C42H55Cl3O3. The van der Waals surface area contributed by atoms with Crippen LogP contribution >= 0.6 is 34.8 Å². The number of aryl methyl sites for hydroxylation is 2. The molecule has 0 saturated carbocycles. The van der Waals surface area contributed by atoms with Gasteiger partial charge >= 0.3 is 0 Å². The average Bonchev–Trinajstić information content (AvgIpc) is 3.08.